The highest BCUT2D eigenvalue weighted by atomic mass is 16.2. The number of hydrogen-bond donors (Lipinski definition) is 2. The average Bonchev–Trinajstić information content (AvgIpc) is 3.23. The van der Waals surface area contributed by atoms with Crippen molar-refractivity contribution in [3.63, 3.8) is 0 Å². The van der Waals surface area contributed by atoms with Gasteiger partial charge in [0.15, 0.2) is 0 Å². The summed E-state index contributed by atoms with van der Waals surface area (Å²) < 4.78 is 1.70. The summed E-state index contributed by atoms with van der Waals surface area (Å²) in [6.45, 7) is 2.11. The molecule has 0 aromatic carbocycles. The van der Waals surface area contributed by atoms with Crippen LogP contribution in [0.15, 0.2) is 22.0 Å². The van der Waals surface area contributed by atoms with E-state index in [0.717, 1.165) is 18.4 Å². The van der Waals surface area contributed by atoms with Crippen LogP contribution in [0.3, 0.4) is 0 Å². The Morgan fingerprint density at radius 3 is 2.70 bits per heavy atom. The summed E-state index contributed by atoms with van der Waals surface area (Å²) in [5.41, 5.74) is 0.644. The minimum Gasteiger partial charge on any atom is -0.335 e. The summed E-state index contributed by atoms with van der Waals surface area (Å²) in [5, 5.41) is 4.11. The van der Waals surface area contributed by atoms with E-state index in [2.05, 4.69) is 15.1 Å². The van der Waals surface area contributed by atoms with Crippen molar-refractivity contribution < 1.29 is 4.79 Å². The first-order valence-electron chi connectivity index (χ1n) is 7.53. The number of amides is 1. The number of carbonyl (C=O) groups excluding carboxylic acids is 1. The summed E-state index contributed by atoms with van der Waals surface area (Å²) in [7, 11) is 1.83. The van der Waals surface area contributed by atoms with Crippen molar-refractivity contribution in [3.05, 3.63) is 50.1 Å². The van der Waals surface area contributed by atoms with Crippen molar-refractivity contribution in [2.75, 3.05) is 0 Å². The largest absolute Gasteiger partial charge is 0.335 e. The predicted molar refractivity (Wildman–Crippen MR) is 82.9 cm³/mol. The van der Waals surface area contributed by atoms with Crippen molar-refractivity contribution in [2.24, 2.45) is 7.05 Å². The Bertz CT molecular complexity index is 843. The van der Waals surface area contributed by atoms with E-state index in [1.54, 1.807) is 22.7 Å². The minimum atomic E-state index is -0.557. The lowest BCUT2D eigenvalue weighted by Gasteiger charge is -2.22. The van der Waals surface area contributed by atoms with E-state index in [0.29, 0.717) is 17.8 Å². The molecule has 0 spiro atoms. The van der Waals surface area contributed by atoms with Crippen molar-refractivity contribution in [2.45, 2.75) is 38.8 Å². The van der Waals surface area contributed by atoms with E-state index < -0.39 is 11.2 Å². The summed E-state index contributed by atoms with van der Waals surface area (Å²) in [4.78, 5) is 42.3. The zero-order chi connectivity index (χ0) is 16.6. The molecular formula is C15H19N5O3. The SMILES string of the molecule is Cc1[nH]c(=O)[nH]c(=O)c1CC(=O)N(Cc1cnn(C)c1)C1CC1. The molecule has 1 fully saturated rings. The molecule has 3 rings (SSSR count). The molecule has 122 valence electrons. The van der Waals surface area contributed by atoms with Gasteiger partial charge in [0.1, 0.15) is 0 Å². The molecule has 0 atom stereocenters. The van der Waals surface area contributed by atoms with Gasteiger partial charge in [0.2, 0.25) is 5.91 Å². The van der Waals surface area contributed by atoms with Crippen LogP contribution in [0.1, 0.15) is 29.7 Å². The zero-order valence-corrected chi connectivity index (χ0v) is 13.1. The number of nitrogens with zero attached hydrogens (tertiary/aromatic N) is 3. The lowest BCUT2D eigenvalue weighted by atomic mass is 10.1. The Kier molecular flexibility index (Phi) is 3.89. The highest BCUT2D eigenvalue weighted by Gasteiger charge is 2.33. The molecule has 1 aliphatic carbocycles. The van der Waals surface area contributed by atoms with Crippen LogP contribution in [0.25, 0.3) is 0 Å². The molecule has 23 heavy (non-hydrogen) atoms. The third-order valence-electron chi connectivity index (χ3n) is 4.00. The van der Waals surface area contributed by atoms with Gasteiger partial charge in [-0.2, -0.15) is 5.10 Å². The van der Waals surface area contributed by atoms with Crippen molar-refractivity contribution in [3.8, 4) is 0 Å². The van der Waals surface area contributed by atoms with Gasteiger partial charge in [-0.3, -0.25) is 19.3 Å². The highest BCUT2D eigenvalue weighted by molar-refractivity contribution is 5.79. The van der Waals surface area contributed by atoms with Gasteiger partial charge in [0.25, 0.3) is 5.56 Å². The first-order chi connectivity index (χ1) is 10.9. The number of nitrogens with one attached hydrogen (secondary N) is 2. The van der Waals surface area contributed by atoms with Crippen LogP contribution < -0.4 is 11.2 Å². The van der Waals surface area contributed by atoms with Gasteiger partial charge >= 0.3 is 5.69 Å². The van der Waals surface area contributed by atoms with Gasteiger partial charge in [0, 0.05) is 42.7 Å². The third kappa shape index (κ3) is 3.41. The molecular weight excluding hydrogens is 298 g/mol. The van der Waals surface area contributed by atoms with Gasteiger partial charge in [-0.1, -0.05) is 0 Å². The number of hydrogen-bond acceptors (Lipinski definition) is 4. The molecule has 0 saturated heterocycles. The lowest BCUT2D eigenvalue weighted by molar-refractivity contribution is -0.131. The first-order valence-corrected chi connectivity index (χ1v) is 7.53. The lowest BCUT2D eigenvalue weighted by Crippen LogP contribution is -2.36. The van der Waals surface area contributed by atoms with E-state index in [9.17, 15) is 14.4 Å². The summed E-state index contributed by atoms with van der Waals surface area (Å²) in [6.07, 6.45) is 5.55. The monoisotopic (exact) mass is 317 g/mol. The minimum absolute atomic E-state index is 0.0191. The zero-order valence-electron chi connectivity index (χ0n) is 13.1. The predicted octanol–water partition coefficient (Wildman–Crippen LogP) is -0.161. The maximum absolute atomic E-state index is 12.6. The van der Waals surface area contributed by atoms with Crippen LogP contribution in [-0.4, -0.2) is 36.6 Å². The molecule has 0 bridgehead atoms. The van der Waals surface area contributed by atoms with Crippen molar-refractivity contribution >= 4 is 5.91 Å². The maximum atomic E-state index is 12.6. The van der Waals surface area contributed by atoms with Crippen LogP contribution in [-0.2, 0) is 24.8 Å². The number of aromatic amines is 2. The number of H-pyrrole nitrogens is 2. The Labute approximate surface area is 132 Å². The van der Waals surface area contributed by atoms with Crippen LogP contribution in [0.4, 0.5) is 0 Å². The van der Waals surface area contributed by atoms with Gasteiger partial charge < -0.3 is 9.88 Å². The fourth-order valence-corrected chi connectivity index (χ4v) is 2.65. The Balaban J connectivity index is 1.80. The third-order valence-corrected chi connectivity index (χ3v) is 4.00. The second-order valence-corrected chi connectivity index (χ2v) is 5.96. The van der Waals surface area contributed by atoms with E-state index in [4.69, 9.17) is 0 Å². The molecule has 0 unspecified atom stereocenters. The molecule has 0 radical (unpaired) electrons. The average molecular weight is 317 g/mol. The summed E-state index contributed by atoms with van der Waals surface area (Å²) in [6, 6.07) is 0.227. The van der Waals surface area contributed by atoms with E-state index >= 15 is 0 Å². The number of rotatable bonds is 5. The standard InChI is InChI=1S/C15H19N5O3/c1-9-12(14(22)18-15(23)17-9)5-13(21)20(11-3-4-11)8-10-6-16-19(2)7-10/h6-7,11H,3-5,8H2,1-2H3,(H2,17,18,22,23). The first kappa shape index (κ1) is 15.3. The Morgan fingerprint density at radius 1 is 1.39 bits per heavy atom. The van der Waals surface area contributed by atoms with Crippen LogP contribution >= 0.6 is 0 Å². The molecule has 8 heteroatoms. The van der Waals surface area contributed by atoms with Crippen LogP contribution in [0, 0.1) is 6.92 Å². The van der Waals surface area contributed by atoms with Gasteiger partial charge in [-0.15, -0.1) is 0 Å². The second kappa shape index (κ2) is 5.86. The van der Waals surface area contributed by atoms with E-state index in [1.165, 1.54) is 0 Å². The van der Waals surface area contributed by atoms with Gasteiger partial charge in [-0.25, -0.2) is 4.79 Å². The van der Waals surface area contributed by atoms with Crippen LogP contribution in [0.2, 0.25) is 0 Å². The molecule has 2 N–H and O–H groups in total. The molecule has 2 heterocycles. The van der Waals surface area contributed by atoms with Crippen molar-refractivity contribution in [1.29, 1.82) is 0 Å². The topological polar surface area (TPSA) is 104 Å². The molecule has 0 aliphatic heterocycles. The molecule has 1 amide bonds. The molecule has 2 aromatic rings. The normalized spacial score (nSPS) is 14.0. The number of carbonyl (C=O) groups is 1. The number of aryl methyl sites for hydroxylation is 2. The number of aromatic nitrogens is 4. The maximum Gasteiger partial charge on any atom is 0.325 e. The van der Waals surface area contributed by atoms with Crippen molar-refractivity contribution in [1.82, 2.24) is 24.6 Å². The fraction of sp³-hybridized carbons (Fsp3) is 0.467. The quantitative estimate of drug-likeness (QED) is 0.799. The summed E-state index contributed by atoms with van der Waals surface area (Å²) in [5.74, 6) is -0.114. The van der Waals surface area contributed by atoms with E-state index in [-0.39, 0.29) is 18.4 Å². The van der Waals surface area contributed by atoms with Crippen LogP contribution in [0.5, 0.6) is 0 Å². The Morgan fingerprint density at radius 2 is 2.13 bits per heavy atom. The van der Waals surface area contributed by atoms with Gasteiger partial charge in [-0.05, 0) is 19.8 Å². The molecule has 2 aromatic heterocycles. The fourth-order valence-electron chi connectivity index (χ4n) is 2.65. The smallest absolute Gasteiger partial charge is 0.325 e. The molecule has 1 saturated carbocycles. The molecule has 1 aliphatic rings. The summed E-state index contributed by atoms with van der Waals surface area (Å²) >= 11 is 0. The van der Waals surface area contributed by atoms with Gasteiger partial charge in [0.05, 0.1) is 12.6 Å². The second-order valence-electron chi connectivity index (χ2n) is 5.96. The molecule has 8 nitrogen and oxygen atoms in total. The van der Waals surface area contributed by atoms with E-state index in [1.807, 2.05) is 13.2 Å². The highest BCUT2D eigenvalue weighted by Crippen LogP contribution is 2.28. The Hall–Kier alpha value is -2.64.